The lowest BCUT2D eigenvalue weighted by atomic mass is 9.82. The summed E-state index contributed by atoms with van der Waals surface area (Å²) in [5, 5.41) is 4.48. The lowest BCUT2D eigenvalue weighted by molar-refractivity contribution is 0.660. The van der Waals surface area contributed by atoms with Gasteiger partial charge in [-0.1, -0.05) is 153 Å². The molecule has 51 heavy (non-hydrogen) atoms. The molecule has 2 nitrogen and oxygen atoms in total. The van der Waals surface area contributed by atoms with E-state index < -0.39 is 0 Å². The summed E-state index contributed by atoms with van der Waals surface area (Å²) < 4.78 is 6.82. The second kappa shape index (κ2) is 11.3. The molecule has 242 valence electrons. The monoisotopic (exact) mass is 653 g/mol. The number of para-hydroxylation sites is 1. The molecule has 1 aliphatic rings. The molecular weight excluding hydrogens is 619 g/mol. The van der Waals surface area contributed by atoms with E-state index in [4.69, 9.17) is 4.42 Å². The molecule has 0 radical (unpaired) electrons. The molecule has 0 aliphatic heterocycles. The normalized spacial score (nSPS) is 13.1. The molecule has 1 aromatic heterocycles. The van der Waals surface area contributed by atoms with Gasteiger partial charge in [-0.15, -0.1) is 0 Å². The summed E-state index contributed by atoms with van der Waals surface area (Å²) in [4.78, 5) is 2.44. The van der Waals surface area contributed by atoms with Gasteiger partial charge < -0.3 is 9.32 Å². The number of anilines is 3. The summed E-state index contributed by atoms with van der Waals surface area (Å²) in [7, 11) is 0. The highest BCUT2D eigenvalue weighted by molar-refractivity contribution is 6.23. The van der Waals surface area contributed by atoms with Crippen molar-refractivity contribution < 1.29 is 4.42 Å². The van der Waals surface area contributed by atoms with Crippen LogP contribution in [-0.2, 0) is 5.41 Å². The fraction of sp³-hybridized carbons (Fsp3) is 0.0612. The number of hydrogen-bond acceptors (Lipinski definition) is 2. The Kier molecular flexibility index (Phi) is 6.56. The average Bonchev–Trinajstić information content (AvgIpc) is 3.69. The van der Waals surface area contributed by atoms with Crippen LogP contribution in [-0.4, -0.2) is 0 Å². The van der Waals surface area contributed by atoms with Crippen LogP contribution >= 0.6 is 0 Å². The largest absolute Gasteiger partial charge is 0.455 e. The van der Waals surface area contributed by atoms with Gasteiger partial charge in [-0.25, -0.2) is 0 Å². The lowest BCUT2D eigenvalue weighted by Gasteiger charge is -2.29. The fourth-order valence-electron chi connectivity index (χ4n) is 8.35. The van der Waals surface area contributed by atoms with E-state index in [1.165, 1.54) is 44.5 Å². The van der Waals surface area contributed by atoms with E-state index in [1.54, 1.807) is 0 Å². The van der Waals surface area contributed by atoms with Crippen molar-refractivity contribution in [2.75, 3.05) is 4.90 Å². The summed E-state index contributed by atoms with van der Waals surface area (Å²) >= 11 is 0. The SMILES string of the molecule is CC1(C)c2ccccc2-c2ccc(N(c3ccc(-c4ccccc4)cc3)c3cc4c(-c5ccccc5)cccc4c4oc5ccccc5c34)cc21. The highest BCUT2D eigenvalue weighted by Gasteiger charge is 2.36. The maximum Gasteiger partial charge on any atom is 0.145 e. The molecule has 0 amide bonds. The Morgan fingerprint density at radius 2 is 1.04 bits per heavy atom. The van der Waals surface area contributed by atoms with E-state index in [-0.39, 0.29) is 5.41 Å². The Balaban J connectivity index is 1.28. The van der Waals surface area contributed by atoms with Crippen LogP contribution in [0.4, 0.5) is 17.1 Å². The molecule has 0 fully saturated rings. The molecule has 2 heteroatoms. The Hall–Kier alpha value is -6.38. The maximum absolute atomic E-state index is 6.82. The summed E-state index contributed by atoms with van der Waals surface area (Å²) in [6.45, 7) is 4.70. The molecule has 0 bridgehead atoms. The number of hydrogen-bond donors (Lipinski definition) is 0. The van der Waals surface area contributed by atoms with Gasteiger partial charge in [0.2, 0.25) is 0 Å². The molecule has 0 unspecified atom stereocenters. The third-order valence-corrected chi connectivity index (χ3v) is 10.9. The van der Waals surface area contributed by atoms with Crippen LogP contribution in [0, 0.1) is 0 Å². The van der Waals surface area contributed by atoms with Crippen molar-refractivity contribution >= 4 is 49.8 Å². The molecule has 0 N–H and O–H groups in total. The van der Waals surface area contributed by atoms with Crippen LogP contribution in [0.15, 0.2) is 180 Å². The zero-order chi connectivity index (χ0) is 34.1. The van der Waals surface area contributed by atoms with Gasteiger partial charge in [-0.05, 0) is 86.3 Å². The van der Waals surface area contributed by atoms with Crippen molar-refractivity contribution in [3.63, 3.8) is 0 Å². The van der Waals surface area contributed by atoms with E-state index in [0.717, 1.165) is 49.8 Å². The molecule has 10 rings (SSSR count). The van der Waals surface area contributed by atoms with Crippen molar-refractivity contribution in [3.8, 4) is 33.4 Å². The van der Waals surface area contributed by atoms with E-state index in [2.05, 4.69) is 195 Å². The minimum atomic E-state index is -0.133. The quantitative estimate of drug-likeness (QED) is 0.184. The Morgan fingerprint density at radius 3 is 1.84 bits per heavy atom. The minimum Gasteiger partial charge on any atom is -0.455 e. The van der Waals surface area contributed by atoms with Crippen molar-refractivity contribution in [1.29, 1.82) is 0 Å². The van der Waals surface area contributed by atoms with Crippen LogP contribution in [0.2, 0.25) is 0 Å². The van der Waals surface area contributed by atoms with Crippen LogP contribution in [0.1, 0.15) is 25.0 Å². The first-order valence-electron chi connectivity index (χ1n) is 17.7. The predicted molar refractivity (Wildman–Crippen MR) is 214 cm³/mol. The van der Waals surface area contributed by atoms with Crippen molar-refractivity contribution in [2.45, 2.75) is 19.3 Å². The molecule has 1 heterocycles. The predicted octanol–water partition coefficient (Wildman–Crippen LogP) is 13.8. The summed E-state index contributed by atoms with van der Waals surface area (Å²) in [6, 6.07) is 63.6. The first-order chi connectivity index (χ1) is 25.1. The molecule has 0 saturated carbocycles. The van der Waals surface area contributed by atoms with E-state index in [0.29, 0.717) is 0 Å². The number of nitrogens with zero attached hydrogens (tertiary/aromatic N) is 1. The van der Waals surface area contributed by atoms with E-state index in [1.807, 2.05) is 0 Å². The highest BCUT2D eigenvalue weighted by Crippen LogP contribution is 2.52. The number of fused-ring (bicyclic) bond motifs is 8. The number of furan rings is 1. The van der Waals surface area contributed by atoms with Gasteiger partial charge in [0.05, 0.1) is 11.1 Å². The topological polar surface area (TPSA) is 16.4 Å². The van der Waals surface area contributed by atoms with Crippen molar-refractivity contribution in [2.24, 2.45) is 0 Å². The van der Waals surface area contributed by atoms with Gasteiger partial charge in [-0.3, -0.25) is 0 Å². The molecule has 0 atom stereocenters. The second-order valence-electron chi connectivity index (χ2n) is 14.1. The van der Waals surface area contributed by atoms with Crippen molar-refractivity contribution in [1.82, 2.24) is 0 Å². The fourth-order valence-corrected chi connectivity index (χ4v) is 8.35. The smallest absolute Gasteiger partial charge is 0.145 e. The van der Waals surface area contributed by atoms with Gasteiger partial charge in [-0.2, -0.15) is 0 Å². The summed E-state index contributed by atoms with van der Waals surface area (Å²) in [6.07, 6.45) is 0. The standard InChI is InChI=1S/C49H35NO/c1-49(2)43-22-11-9-18-38(43)39-29-28-36(30-44(39)49)50(35-26-24-33(25-27-35)32-14-5-3-6-15-32)45-31-42-37(34-16-7-4-8-17-34)20-13-21-40(42)48-47(45)41-19-10-12-23-46(41)51-48/h3-31H,1-2H3. The van der Waals surface area contributed by atoms with Gasteiger partial charge in [0, 0.05) is 27.6 Å². The number of benzene rings is 8. The molecule has 0 spiro atoms. The summed E-state index contributed by atoms with van der Waals surface area (Å²) in [5.41, 5.74) is 15.0. The van der Waals surface area contributed by atoms with Crippen LogP contribution in [0.25, 0.3) is 66.1 Å². The van der Waals surface area contributed by atoms with Crippen LogP contribution in [0.5, 0.6) is 0 Å². The van der Waals surface area contributed by atoms with E-state index in [9.17, 15) is 0 Å². The third-order valence-electron chi connectivity index (χ3n) is 10.9. The van der Waals surface area contributed by atoms with Gasteiger partial charge in [0.25, 0.3) is 0 Å². The Morgan fingerprint density at radius 1 is 0.431 bits per heavy atom. The highest BCUT2D eigenvalue weighted by atomic mass is 16.3. The molecule has 9 aromatic rings. The molecule has 0 saturated heterocycles. The summed E-state index contributed by atoms with van der Waals surface area (Å²) in [5.74, 6) is 0. The zero-order valence-electron chi connectivity index (χ0n) is 28.6. The van der Waals surface area contributed by atoms with E-state index >= 15 is 0 Å². The molecule has 1 aliphatic carbocycles. The first kappa shape index (κ1) is 29.5. The van der Waals surface area contributed by atoms with Gasteiger partial charge >= 0.3 is 0 Å². The minimum absolute atomic E-state index is 0.133. The second-order valence-corrected chi connectivity index (χ2v) is 14.1. The average molecular weight is 654 g/mol. The van der Waals surface area contributed by atoms with Crippen LogP contribution < -0.4 is 4.90 Å². The molecule has 8 aromatic carbocycles. The maximum atomic E-state index is 6.82. The zero-order valence-corrected chi connectivity index (χ0v) is 28.6. The Labute approximate surface area is 297 Å². The first-order valence-corrected chi connectivity index (χ1v) is 17.7. The molecular formula is C49H35NO. The number of rotatable bonds is 5. The van der Waals surface area contributed by atoms with Gasteiger partial charge in [0.15, 0.2) is 0 Å². The lowest BCUT2D eigenvalue weighted by Crippen LogP contribution is -2.16. The Bertz CT molecular complexity index is 2760. The van der Waals surface area contributed by atoms with Crippen LogP contribution in [0.3, 0.4) is 0 Å². The van der Waals surface area contributed by atoms with Gasteiger partial charge in [0.1, 0.15) is 11.2 Å². The third kappa shape index (κ3) is 4.57. The van der Waals surface area contributed by atoms with Crippen molar-refractivity contribution in [3.05, 3.63) is 187 Å².